The van der Waals surface area contributed by atoms with Gasteiger partial charge in [-0.3, -0.25) is 15.0 Å². The van der Waals surface area contributed by atoms with E-state index in [0.29, 0.717) is 18.7 Å². The highest BCUT2D eigenvalue weighted by molar-refractivity contribution is 5.94. The number of rotatable bonds is 5. The molecule has 8 nitrogen and oxygen atoms in total. The summed E-state index contributed by atoms with van der Waals surface area (Å²) >= 11 is 0. The van der Waals surface area contributed by atoms with Gasteiger partial charge in [0.15, 0.2) is 0 Å². The number of amides is 1. The summed E-state index contributed by atoms with van der Waals surface area (Å²) in [6.45, 7) is 3.17. The molecule has 2 aromatic heterocycles. The summed E-state index contributed by atoms with van der Waals surface area (Å²) in [4.78, 5) is 18.4. The molecule has 1 fully saturated rings. The van der Waals surface area contributed by atoms with Crippen molar-refractivity contribution in [1.82, 2.24) is 30.3 Å². The molecule has 0 radical (unpaired) electrons. The number of aromatic nitrogens is 5. The van der Waals surface area contributed by atoms with E-state index in [1.807, 2.05) is 6.92 Å². The van der Waals surface area contributed by atoms with Crippen molar-refractivity contribution in [1.29, 1.82) is 0 Å². The Hall–Kier alpha value is -2.22. The van der Waals surface area contributed by atoms with Crippen molar-refractivity contribution in [2.75, 3.05) is 20.2 Å². The highest BCUT2D eigenvalue weighted by atomic mass is 16.5. The Morgan fingerprint density at radius 1 is 1.45 bits per heavy atom. The van der Waals surface area contributed by atoms with E-state index in [-0.39, 0.29) is 17.9 Å². The first-order valence-electron chi connectivity index (χ1n) is 7.45. The molecule has 0 bridgehead atoms. The van der Waals surface area contributed by atoms with Crippen LogP contribution in [0.2, 0.25) is 0 Å². The fourth-order valence-electron chi connectivity index (χ4n) is 2.86. The first kappa shape index (κ1) is 14.7. The molecule has 0 aliphatic carbocycles. The SMILES string of the molecule is CCc1[nH]ncc1C(=O)N(C)C[C@H]1OCC[C@H]1c1ncn[nH]1. The van der Waals surface area contributed by atoms with Crippen molar-refractivity contribution in [3.8, 4) is 0 Å². The molecule has 1 aliphatic heterocycles. The van der Waals surface area contributed by atoms with E-state index >= 15 is 0 Å². The Balaban J connectivity index is 1.68. The molecule has 2 N–H and O–H groups in total. The summed E-state index contributed by atoms with van der Waals surface area (Å²) in [5, 5.41) is 13.6. The van der Waals surface area contributed by atoms with Crippen LogP contribution in [0.1, 0.15) is 41.1 Å². The van der Waals surface area contributed by atoms with Gasteiger partial charge in [-0.1, -0.05) is 6.92 Å². The summed E-state index contributed by atoms with van der Waals surface area (Å²) in [5.74, 6) is 0.922. The Labute approximate surface area is 128 Å². The summed E-state index contributed by atoms with van der Waals surface area (Å²) in [5.41, 5.74) is 1.48. The maximum Gasteiger partial charge on any atom is 0.257 e. The minimum Gasteiger partial charge on any atom is -0.376 e. The number of carbonyl (C=O) groups is 1. The summed E-state index contributed by atoms with van der Waals surface area (Å²) in [7, 11) is 1.79. The van der Waals surface area contributed by atoms with Gasteiger partial charge in [0.1, 0.15) is 12.2 Å². The second kappa shape index (κ2) is 6.27. The zero-order valence-corrected chi connectivity index (χ0v) is 12.7. The maximum absolute atomic E-state index is 12.5. The van der Waals surface area contributed by atoms with Crippen LogP contribution in [0.15, 0.2) is 12.5 Å². The number of hydrogen-bond acceptors (Lipinski definition) is 5. The van der Waals surface area contributed by atoms with Gasteiger partial charge in [-0.25, -0.2) is 4.98 Å². The van der Waals surface area contributed by atoms with Crippen LogP contribution in [-0.2, 0) is 11.2 Å². The minimum absolute atomic E-state index is 0.0441. The fraction of sp³-hybridized carbons (Fsp3) is 0.571. The van der Waals surface area contributed by atoms with E-state index in [9.17, 15) is 4.79 Å². The van der Waals surface area contributed by atoms with Gasteiger partial charge in [0.25, 0.3) is 5.91 Å². The predicted molar refractivity (Wildman–Crippen MR) is 78.4 cm³/mol. The van der Waals surface area contributed by atoms with Gasteiger partial charge in [-0.15, -0.1) is 0 Å². The molecule has 22 heavy (non-hydrogen) atoms. The molecule has 0 aromatic carbocycles. The van der Waals surface area contributed by atoms with Crippen molar-refractivity contribution < 1.29 is 9.53 Å². The number of nitrogens with zero attached hydrogens (tertiary/aromatic N) is 4. The smallest absolute Gasteiger partial charge is 0.257 e. The van der Waals surface area contributed by atoms with E-state index in [4.69, 9.17) is 4.74 Å². The van der Waals surface area contributed by atoms with Crippen LogP contribution in [0, 0.1) is 0 Å². The van der Waals surface area contributed by atoms with Crippen molar-refractivity contribution in [3.63, 3.8) is 0 Å². The third kappa shape index (κ3) is 2.74. The number of hydrogen-bond donors (Lipinski definition) is 2. The average molecular weight is 304 g/mol. The number of nitrogens with one attached hydrogen (secondary N) is 2. The van der Waals surface area contributed by atoms with Crippen LogP contribution < -0.4 is 0 Å². The highest BCUT2D eigenvalue weighted by Crippen LogP contribution is 2.29. The van der Waals surface area contributed by atoms with Gasteiger partial charge in [-0.2, -0.15) is 10.2 Å². The normalized spacial score (nSPS) is 21.2. The summed E-state index contributed by atoms with van der Waals surface area (Å²) in [6.07, 6.45) is 4.64. The third-order valence-corrected chi connectivity index (χ3v) is 4.10. The van der Waals surface area contributed by atoms with E-state index in [2.05, 4.69) is 25.4 Å². The van der Waals surface area contributed by atoms with E-state index in [1.165, 1.54) is 6.33 Å². The second-order valence-corrected chi connectivity index (χ2v) is 5.48. The number of ether oxygens (including phenoxy) is 1. The molecule has 2 atom stereocenters. The first-order valence-corrected chi connectivity index (χ1v) is 7.45. The second-order valence-electron chi connectivity index (χ2n) is 5.48. The molecule has 118 valence electrons. The van der Waals surface area contributed by atoms with Crippen LogP contribution in [-0.4, -0.2) is 62.5 Å². The zero-order valence-electron chi connectivity index (χ0n) is 12.7. The van der Waals surface area contributed by atoms with E-state index < -0.39 is 0 Å². The Bertz CT molecular complexity index is 623. The van der Waals surface area contributed by atoms with Gasteiger partial charge >= 0.3 is 0 Å². The van der Waals surface area contributed by atoms with E-state index in [1.54, 1.807) is 18.1 Å². The molecule has 3 heterocycles. The molecule has 8 heteroatoms. The monoisotopic (exact) mass is 304 g/mol. The number of aromatic amines is 2. The summed E-state index contributed by atoms with van der Waals surface area (Å²) in [6, 6.07) is 0. The Kier molecular flexibility index (Phi) is 4.19. The lowest BCUT2D eigenvalue weighted by Gasteiger charge is -2.24. The largest absolute Gasteiger partial charge is 0.376 e. The standard InChI is InChI=1S/C14H20N6O2/c1-3-11-10(6-16-18-11)14(21)20(2)7-12-9(4-5-22-12)13-15-8-17-19-13/h6,8-9,12H,3-5,7H2,1-2H3,(H,16,18)(H,15,17,19)/t9-,12-/m1/s1. The lowest BCUT2D eigenvalue weighted by molar-refractivity contribution is 0.0549. The van der Waals surface area contributed by atoms with Gasteiger partial charge in [0.2, 0.25) is 0 Å². The van der Waals surface area contributed by atoms with Crippen molar-refractivity contribution in [2.45, 2.75) is 31.8 Å². The topological polar surface area (TPSA) is 99.8 Å². The van der Waals surface area contributed by atoms with Gasteiger partial charge in [0.05, 0.1) is 17.9 Å². The van der Waals surface area contributed by atoms with Gasteiger partial charge in [0, 0.05) is 31.8 Å². The number of H-pyrrole nitrogens is 2. The quantitative estimate of drug-likeness (QED) is 0.848. The summed E-state index contributed by atoms with van der Waals surface area (Å²) < 4.78 is 5.78. The molecule has 1 saturated heterocycles. The van der Waals surface area contributed by atoms with Gasteiger partial charge < -0.3 is 9.64 Å². The number of likely N-dealkylation sites (N-methyl/N-ethyl adjacent to an activating group) is 1. The van der Waals surface area contributed by atoms with Gasteiger partial charge in [-0.05, 0) is 12.8 Å². The Morgan fingerprint density at radius 3 is 3.05 bits per heavy atom. The maximum atomic E-state index is 12.5. The molecule has 3 rings (SSSR count). The van der Waals surface area contributed by atoms with Crippen molar-refractivity contribution in [3.05, 3.63) is 29.6 Å². The first-order chi connectivity index (χ1) is 10.7. The minimum atomic E-state index is -0.0705. The van der Waals surface area contributed by atoms with Crippen molar-refractivity contribution >= 4 is 5.91 Å². The average Bonchev–Trinajstić information content (AvgIpc) is 3.26. The fourth-order valence-corrected chi connectivity index (χ4v) is 2.86. The Morgan fingerprint density at radius 2 is 2.32 bits per heavy atom. The zero-order chi connectivity index (χ0) is 15.5. The van der Waals surface area contributed by atoms with Crippen LogP contribution in [0.3, 0.4) is 0 Å². The van der Waals surface area contributed by atoms with E-state index in [0.717, 1.165) is 24.4 Å². The lowest BCUT2D eigenvalue weighted by atomic mass is 10.0. The lowest BCUT2D eigenvalue weighted by Crippen LogP contribution is -2.36. The molecular weight excluding hydrogens is 284 g/mol. The van der Waals surface area contributed by atoms with Crippen molar-refractivity contribution in [2.24, 2.45) is 0 Å². The highest BCUT2D eigenvalue weighted by Gasteiger charge is 2.33. The van der Waals surface area contributed by atoms with Crippen LogP contribution in [0.4, 0.5) is 0 Å². The molecular formula is C14H20N6O2. The number of aryl methyl sites for hydroxylation is 1. The molecule has 0 unspecified atom stereocenters. The molecule has 1 aliphatic rings. The molecule has 0 spiro atoms. The number of carbonyl (C=O) groups excluding carboxylic acids is 1. The molecule has 2 aromatic rings. The van der Waals surface area contributed by atoms with Crippen LogP contribution in [0.5, 0.6) is 0 Å². The van der Waals surface area contributed by atoms with Crippen LogP contribution >= 0.6 is 0 Å². The predicted octanol–water partition coefficient (Wildman–Crippen LogP) is 0.735. The van der Waals surface area contributed by atoms with Crippen LogP contribution in [0.25, 0.3) is 0 Å². The molecule has 0 saturated carbocycles. The third-order valence-electron chi connectivity index (χ3n) is 4.10. The molecule has 1 amide bonds.